The van der Waals surface area contributed by atoms with Crippen LogP contribution in [0.25, 0.3) is 0 Å². The lowest BCUT2D eigenvalue weighted by atomic mass is 10.1. The average molecular weight is 322 g/mol. The first-order valence-electron chi connectivity index (χ1n) is 4.70. The largest absolute Gasteiger partial charge is 0.755 e. The van der Waals surface area contributed by atoms with Crippen LogP contribution in [0.2, 0.25) is 0 Å². The molecule has 1 fully saturated rings. The van der Waals surface area contributed by atoms with E-state index in [1.807, 2.05) is 8.02 Å². The van der Waals surface area contributed by atoms with Crippen LogP contribution in [0.5, 0.6) is 0 Å². The molecule has 0 aromatic carbocycles. The van der Waals surface area contributed by atoms with Crippen molar-refractivity contribution in [2.24, 2.45) is 0 Å². The van der Waals surface area contributed by atoms with Crippen LogP contribution in [0.1, 0.15) is 6.92 Å². The van der Waals surface area contributed by atoms with Gasteiger partial charge in [0.1, 0.15) is 18.3 Å². The van der Waals surface area contributed by atoms with Gasteiger partial charge in [-0.05, 0) is 14.9 Å². The predicted molar refractivity (Wildman–Crippen MR) is 58.2 cm³/mol. The van der Waals surface area contributed by atoms with Gasteiger partial charge in [0.05, 0.1) is 12.7 Å². The minimum absolute atomic E-state index is 0.676. The van der Waals surface area contributed by atoms with Crippen molar-refractivity contribution >= 4 is 25.5 Å². The van der Waals surface area contributed by atoms with E-state index in [1.54, 1.807) is 0 Å². The Morgan fingerprint density at radius 2 is 2.06 bits per heavy atom. The van der Waals surface area contributed by atoms with Crippen molar-refractivity contribution < 1.29 is 41.7 Å². The summed E-state index contributed by atoms with van der Waals surface area (Å²) in [6.45, 7) is 0.801. The summed E-state index contributed by atoms with van der Waals surface area (Å²) in [7, 11) is -7.47. The van der Waals surface area contributed by atoms with E-state index in [4.69, 9.17) is 4.74 Å². The molecule has 0 amide bonds. The number of aliphatic hydroxyl groups is 2. The molecule has 0 aromatic heterocycles. The van der Waals surface area contributed by atoms with Crippen molar-refractivity contribution in [1.82, 2.24) is 0 Å². The molecule has 1 aliphatic rings. The molecule has 0 aliphatic carbocycles. The number of ether oxygens (including phenoxy) is 1. The fourth-order valence-electron chi connectivity index (χ4n) is 1.38. The molecule has 0 aromatic rings. The molecule has 9 nitrogen and oxygen atoms in total. The summed E-state index contributed by atoms with van der Waals surface area (Å²) >= 11 is 0. The molecule has 1 aliphatic heterocycles. The number of phosphoric acid groups is 1. The van der Waals surface area contributed by atoms with Gasteiger partial charge in [-0.3, -0.25) is 4.57 Å². The summed E-state index contributed by atoms with van der Waals surface area (Å²) in [5.74, 6) is 0. The quantitative estimate of drug-likeness (QED) is 0.570. The Balaban J connectivity index is 2.54. The number of rotatable bonds is 5. The minimum atomic E-state index is -5.09. The minimum Gasteiger partial charge on any atom is -0.755 e. The highest BCUT2D eigenvalue weighted by Crippen LogP contribution is 2.41. The van der Waals surface area contributed by atoms with E-state index in [1.165, 1.54) is 6.92 Å². The average Bonchev–Trinajstić information content (AvgIpc) is 2.39. The zero-order valence-electron chi connectivity index (χ0n) is 9.12. The second-order valence-corrected chi connectivity index (χ2v) is 7.79. The maximum absolute atomic E-state index is 11.0. The highest BCUT2D eigenvalue weighted by molar-refractivity contribution is 8.15. The van der Waals surface area contributed by atoms with Gasteiger partial charge in [0.15, 0.2) is 0 Å². The summed E-state index contributed by atoms with van der Waals surface area (Å²) in [4.78, 5) is 11.0. The van der Waals surface area contributed by atoms with Crippen molar-refractivity contribution in [2.75, 3.05) is 6.61 Å². The first kappa shape index (κ1) is 16.5. The van der Waals surface area contributed by atoms with Gasteiger partial charge in [-0.15, -0.1) is 0 Å². The van der Waals surface area contributed by atoms with Crippen LogP contribution >= 0.6 is 15.8 Å². The monoisotopic (exact) mass is 322 g/mol. The van der Waals surface area contributed by atoms with Crippen LogP contribution in [0.4, 0.5) is 0 Å². The maximum atomic E-state index is 11.0. The molecule has 6 unspecified atom stereocenters. The van der Waals surface area contributed by atoms with Crippen LogP contribution in [-0.2, 0) is 27.5 Å². The Morgan fingerprint density at radius 3 is 2.44 bits per heavy atom. The summed E-state index contributed by atoms with van der Waals surface area (Å²) in [6, 6.07) is 0. The highest BCUT2D eigenvalue weighted by atomic mass is 32.5. The molecule has 0 radical (unpaired) electrons. The summed E-state index contributed by atoms with van der Waals surface area (Å²) in [6.07, 6.45) is -4.30. The van der Waals surface area contributed by atoms with Gasteiger partial charge >= 0.3 is 0 Å². The Hall–Kier alpha value is 0.400. The third-order valence-electron chi connectivity index (χ3n) is 2.19. The first-order valence-corrected chi connectivity index (χ1v) is 8.79. The third-order valence-corrected chi connectivity index (χ3v) is 4.84. The van der Waals surface area contributed by atoms with Crippen LogP contribution in [0, 0.1) is 0 Å². The molecule has 1 saturated heterocycles. The predicted octanol–water partition coefficient (Wildman–Crippen LogP) is -1.62. The normalized spacial score (nSPS) is 39.2. The molecule has 2 N–H and O–H groups in total. The molecule has 12 heteroatoms. The van der Waals surface area contributed by atoms with E-state index >= 15 is 0 Å². The molecule has 108 valence electrons. The van der Waals surface area contributed by atoms with Gasteiger partial charge in [-0.25, -0.2) is 8.18 Å². The van der Waals surface area contributed by atoms with E-state index < -0.39 is 48.5 Å². The van der Waals surface area contributed by atoms with Gasteiger partial charge in [-0.2, -0.15) is 0 Å². The number of aliphatic hydroxyl groups excluding tert-OH is 2. The Labute approximate surface area is 106 Å². The number of phosphoric ester groups is 1. The Bertz CT molecular complexity index is 436. The maximum Gasteiger partial charge on any atom is 0.280 e. The number of hydrogen-bond donors (Lipinski definition) is 2. The fraction of sp³-hybridized carbons (Fsp3) is 1.00. The first-order chi connectivity index (χ1) is 8.02. The van der Waals surface area contributed by atoms with Gasteiger partial charge in [0, 0.05) is 9.67 Å². The van der Waals surface area contributed by atoms with Crippen molar-refractivity contribution in [3.63, 3.8) is 0 Å². The zero-order valence-corrected chi connectivity index (χ0v) is 11.8. The Kier molecular flexibility index (Phi) is 5.30. The molecule has 1 rings (SSSR count). The standard InChI is InChI=1S/C6H14O9P2S/c1-3-5(7)6(8)4(14-3)2-13-17(9,10)15-18(11,12)16/h3-8,16H,2H2,1H3,(H,9,10)(H,11,12)/p-2. The summed E-state index contributed by atoms with van der Waals surface area (Å²) in [5.41, 5.74) is 0. The van der Waals surface area contributed by atoms with Crippen LogP contribution in [-0.4, -0.2) is 50.0 Å². The fourth-order valence-corrected chi connectivity index (χ4v) is 3.66. The number of hydrogen-bond acceptors (Lipinski definition) is 9. The van der Waals surface area contributed by atoms with Gasteiger partial charge in [-0.1, -0.05) is 0 Å². The van der Waals surface area contributed by atoms with E-state index in [0.717, 1.165) is 0 Å². The molecule has 1 heterocycles. The van der Waals surface area contributed by atoms with Crippen molar-refractivity contribution in [3.05, 3.63) is 0 Å². The topological polar surface area (TPSA) is 148 Å². The SMILES string of the molecule is CC1OC(COP(=O)([O-])OS(=O)([O-])=P)C(O)C1O. The molecule has 0 spiro atoms. The smallest absolute Gasteiger partial charge is 0.280 e. The molecular weight excluding hydrogens is 310 g/mol. The lowest BCUT2D eigenvalue weighted by molar-refractivity contribution is -0.219. The molecule has 6 atom stereocenters. The lowest BCUT2D eigenvalue weighted by Gasteiger charge is -2.27. The Morgan fingerprint density at radius 1 is 1.50 bits per heavy atom. The second kappa shape index (κ2) is 5.80. The molecule has 18 heavy (non-hydrogen) atoms. The zero-order chi connectivity index (χ0) is 14.1. The van der Waals surface area contributed by atoms with E-state index in [0.29, 0.717) is 0 Å². The van der Waals surface area contributed by atoms with E-state index in [2.05, 4.69) is 8.49 Å². The highest BCUT2D eigenvalue weighted by Gasteiger charge is 2.40. The molecule has 0 bridgehead atoms. The van der Waals surface area contributed by atoms with Crippen molar-refractivity contribution in [1.29, 1.82) is 0 Å². The van der Waals surface area contributed by atoms with Gasteiger partial charge < -0.3 is 28.9 Å². The summed E-state index contributed by atoms with van der Waals surface area (Å²) < 4.78 is 45.0. The van der Waals surface area contributed by atoms with Crippen molar-refractivity contribution in [3.8, 4) is 0 Å². The second-order valence-electron chi connectivity index (χ2n) is 3.63. The van der Waals surface area contributed by atoms with Crippen LogP contribution in [0.15, 0.2) is 0 Å². The molecular formula is C6H12O9P2S-2. The van der Waals surface area contributed by atoms with E-state index in [9.17, 15) is 28.4 Å². The van der Waals surface area contributed by atoms with Gasteiger partial charge in [0.2, 0.25) is 0 Å². The summed E-state index contributed by atoms with van der Waals surface area (Å²) in [5, 5.41) is 18.8. The van der Waals surface area contributed by atoms with E-state index in [-0.39, 0.29) is 0 Å². The molecule has 0 saturated carbocycles. The lowest BCUT2D eigenvalue weighted by Crippen LogP contribution is -2.34. The van der Waals surface area contributed by atoms with Crippen LogP contribution in [0.3, 0.4) is 0 Å². The van der Waals surface area contributed by atoms with Crippen LogP contribution < -0.4 is 4.89 Å². The third kappa shape index (κ3) is 4.82. The van der Waals surface area contributed by atoms with Crippen molar-refractivity contribution in [2.45, 2.75) is 31.3 Å². The van der Waals surface area contributed by atoms with Gasteiger partial charge in [0.25, 0.3) is 7.82 Å².